The average molecular weight is 539 g/mol. The first-order valence-corrected chi connectivity index (χ1v) is 13.0. The van der Waals surface area contributed by atoms with Crippen LogP contribution in [0.4, 0.5) is 0 Å². The smallest absolute Gasteiger partial charge is 0.250 e. The summed E-state index contributed by atoms with van der Waals surface area (Å²) in [5.41, 5.74) is 6.28. The lowest BCUT2D eigenvalue weighted by molar-refractivity contribution is -0.118. The van der Waals surface area contributed by atoms with Crippen molar-refractivity contribution in [2.24, 2.45) is 5.10 Å². The third kappa shape index (κ3) is 6.16. The molecule has 0 unspecified atom stereocenters. The first-order chi connectivity index (χ1) is 17.2. The van der Waals surface area contributed by atoms with Crippen molar-refractivity contribution in [1.29, 1.82) is 0 Å². The summed E-state index contributed by atoms with van der Waals surface area (Å²) < 4.78 is 1.96. The second-order valence-corrected chi connectivity index (χ2v) is 10.8. The Kier molecular flexibility index (Phi) is 8.14. The van der Waals surface area contributed by atoms with Crippen molar-refractivity contribution in [2.75, 3.05) is 5.75 Å². The van der Waals surface area contributed by atoms with Crippen LogP contribution in [0.5, 0.6) is 0 Å². The largest absolute Gasteiger partial charge is 0.272 e. The highest BCUT2D eigenvalue weighted by atomic mass is 35.5. The van der Waals surface area contributed by atoms with E-state index in [-0.39, 0.29) is 17.1 Å². The number of amides is 1. The van der Waals surface area contributed by atoms with Crippen molar-refractivity contribution in [3.05, 3.63) is 94.0 Å². The van der Waals surface area contributed by atoms with Gasteiger partial charge in [0.1, 0.15) is 0 Å². The predicted molar refractivity (Wildman–Crippen MR) is 148 cm³/mol. The normalized spacial score (nSPS) is 11.7. The molecule has 3 aromatic carbocycles. The second kappa shape index (κ2) is 11.3. The van der Waals surface area contributed by atoms with E-state index in [4.69, 9.17) is 23.2 Å². The number of carbonyl (C=O) groups excluding carboxylic acids is 1. The number of hydrogen-bond acceptors (Lipinski definition) is 5. The van der Waals surface area contributed by atoms with Gasteiger partial charge in [-0.1, -0.05) is 110 Å². The van der Waals surface area contributed by atoms with E-state index in [1.165, 1.54) is 23.5 Å². The highest BCUT2D eigenvalue weighted by molar-refractivity contribution is 7.99. The molecule has 0 bridgehead atoms. The molecular weight excluding hydrogens is 513 g/mol. The lowest BCUT2D eigenvalue weighted by atomic mass is 9.87. The molecule has 0 aliphatic carbocycles. The van der Waals surface area contributed by atoms with Gasteiger partial charge in [-0.25, -0.2) is 5.43 Å². The number of benzene rings is 3. The molecule has 0 saturated carbocycles. The van der Waals surface area contributed by atoms with Gasteiger partial charge < -0.3 is 0 Å². The Labute approximate surface area is 224 Å². The molecule has 0 fully saturated rings. The van der Waals surface area contributed by atoms with E-state index in [1.807, 2.05) is 34.9 Å². The molecule has 36 heavy (non-hydrogen) atoms. The number of nitrogens with zero attached hydrogens (tertiary/aromatic N) is 4. The molecule has 1 aromatic heterocycles. The summed E-state index contributed by atoms with van der Waals surface area (Å²) in [6, 6.07) is 23.4. The van der Waals surface area contributed by atoms with Crippen LogP contribution in [0.2, 0.25) is 10.0 Å². The number of rotatable bonds is 7. The summed E-state index contributed by atoms with van der Waals surface area (Å²) in [5, 5.41) is 14.2. The van der Waals surface area contributed by atoms with Crippen LogP contribution in [-0.2, 0) is 10.2 Å². The van der Waals surface area contributed by atoms with Gasteiger partial charge in [0, 0.05) is 16.8 Å². The molecule has 6 nitrogen and oxygen atoms in total. The highest BCUT2D eigenvalue weighted by Gasteiger charge is 2.19. The van der Waals surface area contributed by atoms with Crippen LogP contribution in [0.25, 0.3) is 17.1 Å². The Bertz CT molecular complexity index is 1380. The molecule has 1 amide bonds. The van der Waals surface area contributed by atoms with Crippen molar-refractivity contribution in [1.82, 2.24) is 20.2 Å². The maximum atomic E-state index is 12.5. The Hall–Kier alpha value is -3.13. The molecule has 0 aliphatic rings. The summed E-state index contributed by atoms with van der Waals surface area (Å²) in [4.78, 5) is 12.5. The fraction of sp³-hybridized carbons (Fsp3) is 0.185. The molecule has 0 atom stereocenters. The molecular formula is C27H25Cl2N5OS. The van der Waals surface area contributed by atoms with Crippen LogP contribution < -0.4 is 5.43 Å². The minimum Gasteiger partial charge on any atom is -0.272 e. The summed E-state index contributed by atoms with van der Waals surface area (Å²) in [5.74, 6) is 0.528. The van der Waals surface area contributed by atoms with Gasteiger partial charge in [0.05, 0.1) is 22.0 Å². The van der Waals surface area contributed by atoms with Crippen molar-refractivity contribution in [3.8, 4) is 17.1 Å². The number of thioether (sulfide) groups is 1. The van der Waals surface area contributed by atoms with Crippen LogP contribution in [-0.4, -0.2) is 32.6 Å². The number of nitrogens with one attached hydrogen (secondary N) is 1. The lowest BCUT2D eigenvalue weighted by Crippen LogP contribution is -2.20. The van der Waals surface area contributed by atoms with Crippen LogP contribution >= 0.6 is 35.0 Å². The topological polar surface area (TPSA) is 72.2 Å². The number of hydrazone groups is 1. The molecule has 0 spiro atoms. The van der Waals surface area contributed by atoms with Crippen molar-refractivity contribution < 1.29 is 4.79 Å². The third-order valence-corrected chi connectivity index (χ3v) is 7.13. The first-order valence-electron chi connectivity index (χ1n) is 11.2. The molecule has 4 aromatic rings. The molecule has 0 aliphatic heterocycles. The second-order valence-electron chi connectivity index (χ2n) is 9.03. The lowest BCUT2D eigenvalue weighted by Gasteiger charge is -2.19. The number of para-hydroxylation sites is 1. The molecule has 9 heteroatoms. The quantitative estimate of drug-likeness (QED) is 0.160. The van der Waals surface area contributed by atoms with Crippen LogP contribution in [0.3, 0.4) is 0 Å². The maximum Gasteiger partial charge on any atom is 0.250 e. The Morgan fingerprint density at radius 2 is 1.72 bits per heavy atom. The van der Waals surface area contributed by atoms with Crippen molar-refractivity contribution >= 4 is 47.1 Å². The summed E-state index contributed by atoms with van der Waals surface area (Å²) in [7, 11) is 0. The Morgan fingerprint density at radius 3 is 2.42 bits per heavy atom. The van der Waals surface area contributed by atoms with E-state index >= 15 is 0 Å². The summed E-state index contributed by atoms with van der Waals surface area (Å²) >= 11 is 13.4. The summed E-state index contributed by atoms with van der Waals surface area (Å²) in [6.45, 7) is 6.55. The molecule has 1 heterocycles. The van der Waals surface area contributed by atoms with Crippen LogP contribution in [0.1, 0.15) is 31.9 Å². The SMILES string of the molecule is CC(C)(C)c1ccc(-c2nnc(SCC(=O)N/N=C/c3cccc(Cl)c3Cl)n2-c2ccccc2)cc1. The van der Waals surface area contributed by atoms with Crippen molar-refractivity contribution in [2.45, 2.75) is 31.3 Å². The van der Waals surface area contributed by atoms with Gasteiger partial charge in [0.25, 0.3) is 5.91 Å². The Morgan fingerprint density at radius 1 is 1.00 bits per heavy atom. The van der Waals surface area contributed by atoms with Gasteiger partial charge in [-0.15, -0.1) is 10.2 Å². The first kappa shape index (κ1) is 25.9. The minimum atomic E-state index is -0.284. The van der Waals surface area contributed by atoms with Gasteiger partial charge in [-0.3, -0.25) is 9.36 Å². The van der Waals surface area contributed by atoms with Gasteiger partial charge in [-0.2, -0.15) is 5.10 Å². The number of halogens is 2. The minimum absolute atomic E-state index is 0.0561. The van der Waals surface area contributed by atoms with Gasteiger partial charge in [0.2, 0.25) is 0 Å². The van der Waals surface area contributed by atoms with E-state index in [0.717, 1.165) is 11.3 Å². The molecule has 1 N–H and O–H groups in total. The number of carbonyl (C=O) groups is 1. The predicted octanol–water partition coefficient (Wildman–Crippen LogP) is 6.78. The number of aromatic nitrogens is 3. The zero-order valence-corrected chi connectivity index (χ0v) is 22.4. The van der Waals surface area contributed by atoms with E-state index in [1.54, 1.807) is 18.2 Å². The van der Waals surface area contributed by atoms with Gasteiger partial charge >= 0.3 is 0 Å². The monoisotopic (exact) mass is 537 g/mol. The van der Waals surface area contributed by atoms with E-state index in [2.05, 4.69) is 65.8 Å². The molecule has 4 rings (SSSR count). The van der Waals surface area contributed by atoms with Crippen LogP contribution in [0, 0.1) is 0 Å². The summed E-state index contributed by atoms with van der Waals surface area (Å²) in [6.07, 6.45) is 1.46. The fourth-order valence-corrected chi connectivity index (χ4v) is 4.54. The zero-order chi connectivity index (χ0) is 25.7. The van der Waals surface area contributed by atoms with E-state index in [0.29, 0.717) is 26.6 Å². The standard InChI is InChI=1S/C27H25Cl2N5OS/c1-27(2,3)20-14-12-18(13-15-20)25-32-33-26(34(25)21-9-5-4-6-10-21)36-17-23(35)31-30-16-19-8-7-11-22(28)24(19)29/h4-16H,17H2,1-3H3,(H,31,35)/b30-16+. The van der Waals surface area contributed by atoms with E-state index < -0.39 is 0 Å². The fourth-order valence-electron chi connectivity index (χ4n) is 3.44. The van der Waals surface area contributed by atoms with Crippen LogP contribution in [0.15, 0.2) is 83.1 Å². The van der Waals surface area contributed by atoms with Gasteiger partial charge in [-0.05, 0) is 29.2 Å². The zero-order valence-electron chi connectivity index (χ0n) is 20.1. The maximum absolute atomic E-state index is 12.5. The number of hydrogen-bond donors (Lipinski definition) is 1. The highest BCUT2D eigenvalue weighted by Crippen LogP contribution is 2.30. The van der Waals surface area contributed by atoms with E-state index in [9.17, 15) is 4.79 Å². The molecule has 184 valence electrons. The Balaban J connectivity index is 1.52. The third-order valence-electron chi connectivity index (χ3n) is 5.36. The average Bonchev–Trinajstić information content (AvgIpc) is 3.29. The molecule has 0 saturated heterocycles. The van der Waals surface area contributed by atoms with Crippen molar-refractivity contribution in [3.63, 3.8) is 0 Å². The van der Waals surface area contributed by atoms with Gasteiger partial charge in [0.15, 0.2) is 11.0 Å². The molecule has 0 radical (unpaired) electrons.